The zero-order valence-corrected chi connectivity index (χ0v) is 7.40. The second-order valence-electron chi connectivity index (χ2n) is 2.37. The number of hydrogen-bond acceptors (Lipinski definition) is 3. The Labute approximate surface area is 76.5 Å². The second kappa shape index (κ2) is 5.99. The summed E-state index contributed by atoms with van der Waals surface area (Å²) in [6.07, 6.45) is 3.55. The number of carbonyl (C=O) groups is 2. The van der Waals surface area contributed by atoms with Crippen molar-refractivity contribution in [3.05, 3.63) is 24.8 Å². The number of ether oxygens (including phenoxy) is 1. The lowest BCUT2D eigenvalue weighted by molar-refractivity contribution is -0.148. The summed E-state index contributed by atoms with van der Waals surface area (Å²) in [7, 11) is 0. The number of carboxylic acid groups (broad SMARTS) is 1. The van der Waals surface area contributed by atoms with Gasteiger partial charge in [-0.3, -0.25) is 9.59 Å². The van der Waals surface area contributed by atoms with E-state index in [9.17, 15) is 9.59 Å². The van der Waals surface area contributed by atoms with Crippen LogP contribution in [0.15, 0.2) is 24.8 Å². The van der Waals surface area contributed by atoms with Gasteiger partial charge in [0.1, 0.15) is 6.10 Å². The summed E-state index contributed by atoms with van der Waals surface area (Å²) in [6, 6.07) is 0. The molecule has 0 aromatic carbocycles. The molecule has 4 heteroatoms. The fraction of sp³-hybridized carbons (Fsp3) is 0.333. The van der Waals surface area contributed by atoms with Crippen molar-refractivity contribution in [2.24, 2.45) is 0 Å². The highest BCUT2D eigenvalue weighted by Crippen LogP contribution is 2.01. The zero-order valence-electron chi connectivity index (χ0n) is 7.40. The van der Waals surface area contributed by atoms with E-state index < -0.39 is 18.0 Å². The Kier molecular flexibility index (Phi) is 5.27. The van der Waals surface area contributed by atoms with Crippen LogP contribution in [0.25, 0.3) is 0 Å². The van der Waals surface area contributed by atoms with Gasteiger partial charge >= 0.3 is 11.9 Å². The van der Waals surface area contributed by atoms with Gasteiger partial charge in [-0.15, -0.1) is 0 Å². The van der Waals surface area contributed by atoms with Gasteiger partial charge in [0.05, 0.1) is 6.42 Å². The van der Waals surface area contributed by atoms with Crippen molar-refractivity contribution < 1.29 is 19.4 Å². The first kappa shape index (κ1) is 11.4. The summed E-state index contributed by atoms with van der Waals surface area (Å²) < 4.78 is 4.71. The minimum absolute atomic E-state index is 0.232. The van der Waals surface area contributed by atoms with Crippen molar-refractivity contribution in [3.63, 3.8) is 0 Å². The topological polar surface area (TPSA) is 63.6 Å². The summed E-state index contributed by atoms with van der Waals surface area (Å²) in [5.74, 6) is -1.51. The van der Waals surface area contributed by atoms with Crippen molar-refractivity contribution in [2.75, 3.05) is 0 Å². The first-order valence-electron chi connectivity index (χ1n) is 3.74. The van der Waals surface area contributed by atoms with Crippen LogP contribution < -0.4 is 0 Å². The van der Waals surface area contributed by atoms with E-state index in [0.717, 1.165) is 0 Å². The van der Waals surface area contributed by atoms with E-state index in [2.05, 4.69) is 6.58 Å². The van der Waals surface area contributed by atoms with E-state index >= 15 is 0 Å². The Morgan fingerprint density at radius 1 is 1.62 bits per heavy atom. The minimum atomic E-state index is -1.01. The third-order valence-electron chi connectivity index (χ3n) is 1.15. The molecule has 1 unspecified atom stereocenters. The van der Waals surface area contributed by atoms with Crippen LogP contribution in [0.4, 0.5) is 0 Å². The first-order valence-corrected chi connectivity index (χ1v) is 3.74. The predicted molar refractivity (Wildman–Crippen MR) is 47.1 cm³/mol. The molecule has 0 heterocycles. The molecule has 0 rings (SSSR count). The largest absolute Gasteiger partial charge is 0.481 e. The van der Waals surface area contributed by atoms with Crippen LogP contribution in [0.3, 0.4) is 0 Å². The zero-order chi connectivity index (χ0) is 10.3. The number of rotatable bonds is 5. The van der Waals surface area contributed by atoms with Crippen LogP contribution in [-0.4, -0.2) is 23.1 Å². The van der Waals surface area contributed by atoms with Gasteiger partial charge in [0.25, 0.3) is 0 Å². The molecule has 0 fully saturated rings. The lowest BCUT2D eigenvalue weighted by Crippen LogP contribution is -2.17. The van der Waals surface area contributed by atoms with E-state index in [1.54, 1.807) is 0 Å². The lowest BCUT2D eigenvalue weighted by atomic mass is 10.2. The van der Waals surface area contributed by atoms with E-state index in [-0.39, 0.29) is 6.42 Å². The van der Waals surface area contributed by atoms with Gasteiger partial charge in [0.2, 0.25) is 0 Å². The van der Waals surface area contributed by atoms with Gasteiger partial charge in [-0.1, -0.05) is 18.7 Å². The third-order valence-corrected chi connectivity index (χ3v) is 1.15. The van der Waals surface area contributed by atoms with Gasteiger partial charge in [-0.2, -0.15) is 0 Å². The Morgan fingerprint density at radius 3 is 2.62 bits per heavy atom. The van der Waals surface area contributed by atoms with Crippen LogP contribution >= 0.6 is 0 Å². The van der Waals surface area contributed by atoms with Crippen molar-refractivity contribution in [2.45, 2.75) is 19.4 Å². The van der Waals surface area contributed by atoms with Gasteiger partial charge in [-0.25, -0.2) is 0 Å². The molecule has 0 radical (unpaired) electrons. The number of carboxylic acids is 1. The van der Waals surface area contributed by atoms with Gasteiger partial charge < -0.3 is 9.84 Å². The van der Waals surface area contributed by atoms with Gasteiger partial charge in [-0.05, 0) is 6.08 Å². The molecule has 4 nitrogen and oxygen atoms in total. The summed E-state index contributed by atoms with van der Waals surface area (Å²) in [5.41, 5.74) is 0. The monoisotopic (exact) mass is 184 g/mol. The fourth-order valence-electron chi connectivity index (χ4n) is 0.737. The molecule has 72 valence electrons. The van der Waals surface area contributed by atoms with Crippen LogP contribution in [0.2, 0.25) is 0 Å². The molecule has 0 aliphatic carbocycles. The molecule has 0 amide bonds. The molecular formula is C9H12O4. The summed E-state index contributed by atoms with van der Waals surface area (Å²) in [6.45, 7) is 4.65. The van der Waals surface area contributed by atoms with Crippen LogP contribution in [0, 0.1) is 0 Å². The smallest absolute Gasteiger partial charge is 0.307 e. The molecule has 13 heavy (non-hydrogen) atoms. The highest BCUT2D eigenvalue weighted by Gasteiger charge is 2.11. The maximum atomic E-state index is 10.5. The van der Waals surface area contributed by atoms with Crippen molar-refractivity contribution in [3.8, 4) is 0 Å². The van der Waals surface area contributed by atoms with Crippen LogP contribution in [-0.2, 0) is 14.3 Å². The SMILES string of the molecule is C=CC=CC(CC(=O)O)OC(C)=O. The molecule has 0 aliphatic heterocycles. The molecule has 0 saturated heterocycles. The van der Waals surface area contributed by atoms with Crippen molar-refractivity contribution in [1.82, 2.24) is 0 Å². The Morgan fingerprint density at radius 2 is 2.23 bits per heavy atom. The van der Waals surface area contributed by atoms with E-state index in [1.807, 2.05) is 0 Å². The second-order valence-corrected chi connectivity index (χ2v) is 2.37. The quantitative estimate of drug-likeness (QED) is 0.514. The number of esters is 1. The van der Waals surface area contributed by atoms with Crippen molar-refractivity contribution in [1.29, 1.82) is 0 Å². The summed E-state index contributed by atoms with van der Waals surface area (Å²) >= 11 is 0. The normalized spacial score (nSPS) is 12.4. The number of carbonyl (C=O) groups excluding carboxylic acids is 1. The molecule has 0 spiro atoms. The standard InChI is InChI=1S/C9H12O4/c1-3-4-5-8(6-9(11)12)13-7(2)10/h3-5,8H,1,6H2,2H3,(H,11,12). The summed E-state index contributed by atoms with van der Waals surface area (Å²) in [5, 5.41) is 8.45. The first-order chi connectivity index (χ1) is 6.06. The molecule has 1 N–H and O–H groups in total. The summed E-state index contributed by atoms with van der Waals surface area (Å²) in [4.78, 5) is 20.8. The van der Waals surface area contributed by atoms with E-state index in [1.165, 1.54) is 25.2 Å². The third kappa shape index (κ3) is 6.80. The van der Waals surface area contributed by atoms with Gasteiger partial charge in [0.15, 0.2) is 0 Å². The highest BCUT2D eigenvalue weighted by molar-refractivity contribution is 5.70. The molecule has 1 atom stereocenters. The Bertz CT molecular complexity index is 214. The molecule has 0 aromatic heterocycles. The lowest BCUT2D eigenvalue weighted by Gasteiger charge is -2.09. The van der Waals surface area contributed by atoms with E-state index in [0.29, 0.717) is 0 Å². The maximum Gasteiger partial charge on any atom is 0.307 e. The maximum absolute atomic E-state index is 10.5. The molecule has 0 aliphatic rings. The number of allylic oxidation sites excluding steroid dienone is 2. The van der Waals surface area contributed by atoms with E-state index in [4.69, 9.17) is 9.84 Å². The number of hydrogen-bond donors (Lipinski definition) is 1. The minimum Gasteiger partial charge on any atom is -0.481 e. The van der Waals surface area contributed by atoms with Crippen LogP contribution in [0.5, 0.6) is 0 Å². The average molecular weight is 184 g/mol. The van der Waals surface area contributed by atoms with Crippen molar-refractivity contribution >= 4 is 11.9 Å². The fourth-order valence-corrected chi connectivity index (χ4v) is 0.737. The number of aliphatic carboxylic acids is 1. The van der Waals surface area contributed by atoms with Crippen LogP contribution in [0.1, 0.15) is 13.3 Å². The predicted octanol–water partition coefficient (Wildman–Crippen LogP) is 1.14. The Hall–Kier alpha value is -1.58. The molecular weight excluding hydrogens is 172 g/mol. The molecule has 0 bridgehead atoms. The van der Waals surface area contributed by atoms with Gasteiger partial charge in [0, 0.05) is 6.92 Å². The molecule has 0 aromatic rings. The molecule has 0 saturated carbocycles. The highest BCUT2D eigenvalue weighted by atomic mass is 16.5. The average Bonchev–Trinajstić information content (AvgIpc) is 1.98. The Balaban J connectivity index is 4.17.